The molecule has 3 aromatic heterocycles. The van der Waals surface area contributed by atoms with Crippen molar-refractivity contribution in [1.29, 1.82) is 0 Å². The summed E-state index contributed by atoms with van der Waals surface area (Å²) >= 11 is 1.47. The van der Waals surface area contributed by atoms with Crippen LogP contribution in [-0.4, -0.2) is 43.6 Å². The number of fused-ring (bicyclic) bond motifs is 1. The third-order valence-corrected chi connectivity index (χ3v) is 6.70. The molecule has 4 heterocycles. The van der Waals surface area contributed by atoms with E-state index in [1.807, 2.05) is 55.7 Å². The number of aryl methyl sites for hydroxylation is 2. The summed E-state index contributed by atoms with van der Waals surface area (Å²) in [6.45, 7) is 4.99. The van der Waals surface area contributed by atoms with Gasteiger partial charge in [0.2, 0.25) is 0 Å². The Morgan fingerprint density at radius 3 is 2.69 bits per heavy atom. The second-order valence-electron chi connectivity index (χ2n) is 8.26. The van der Waals surface area contributed by atoms with Crippen molar-refractivity contribution in [2.75, 3.05) is 18.4 Å². The van der Waals surface area contributed by atoms with Crippen LogP contribution < -0.4 is 5.32 Å². The lowest BCUT2D eigenvalue weighted by Crippen LogP contribution is -2.29. The van der Waals surface area contributed by atoms with E-state index >= 15 is 0 Å². The lowest BCUT2D eigenvalue weighted by molar-refractivity contribution is 0.102. The van der Waals surface area contributed by atoms with Gasteiger partial charge in [-0.3, -0.25) is 19.7 Å². The first-order valence-electron chi connectivity index (χ1n) is 11.0. The smallest absolute Gasteiger partial charge is 0.258 e. The molecule has 1 amide bonds. The van der Waals surface area contributed by atoms with E-state index in [4.69, 9.17) is 4.98 Å². The second kappa shape index (κ2) is 8.80. The number of likely N-dealkylation sites (tertiary alicyclic amines) is 1. The van der Waals surface area contributed by atoms with Crippen molar-refractivity contribution >= 4 is 33.4 Å². The van der Waals surface area contributed by atoms with E-state index in [-0.39, 0.29) is 5.91 Å². The summed E-state index contributed by atoms with van der Waals surface area (Å²) in [6, 6.07) is 11.7. The molecule has 164 valence electrons. The Bertz CT molecular complexity index is 1260. The number of nitrogens with zero attached hydrogens (tertiary/aromatic N) is 5. The summed E-state index contributed by atoms with van der Waals surface area (Å²) in [6.07, 6.45) is 3.81. The topological polar surface area (TPSA) is 75.9 Å². The Kier molecular flexibility index (Phi) is 5.71. The normalized spacial score (nSPS) is 14.7. The molecule has 1 aromatic carbocycles. The number of hydrogen-bond acceptors (Lipinski definition) is 6. The first-order chi connectivity index (χ1) is 15.6. The predicted octanol–water partition coefficient (Wildman–Crippen LogP) is 4.64. The second-order valence-corrected chi connectivity index (χ2v) is 9.12. The van der Waals surface area contributed by atoms with E-state index < -0.39 is 0 Å². The molecule has 8 heteroatoms. The van der Waals surface area contributed by atoms with E-state index in [0.717, 1.165) is 47.7 Å². The number of rotatable bonds is 5. The number of anilines is 1. The molecule has 0 spiro atoms. The number of pyridine rings is 1. The molecule has 4 aromatic rings. The van der Waals surface area contributed by atoms with Crippen LogP contribution in [0.4, 0.5) is 5.13 Å². The quantitative estimate of drug-likeness (QED) is 0.483. The summed E-state index contributed by atoms with van der Waals surface area (Å²) in [7, 11) is 1.85. The number of carbonyl (C=O) groups is 1. The monoisotopic (exact) mass is 446 g/mol. The van der Waals surface area contributed by atoms with E-state index in [1.54, 1.807) is 4.68 Å². The fraction of sp³-hybridized carbons (Fsp3) is 0.333. The highest BCUT2D eigenvalue weighted by Crippen LogP contribution is 2.28. The third kappa shape index (κ3) is 4.16. The molecule has 0 radical (unpaired) electrons. The molecular formula is C24H26N6OS. The highest BCUT2D eigenvalue weighted by Gasteiger charge is 2.20. The van der Waals surface area contributed by atoms with E-state index in [2.05, 4.69) is 20.3 Å². The van der Waals surface area contributed by atoms with Crippen molar-refractivity contribution in [3.8, 4) is 11.3 Å². The van der Waals surface area contributed by atoms with Crippen LogP contribution in [0.3, 0.4) is 0 Å². The molecule has 0 bridgehead atoms. The minimum absolute atomic E-state index is 0.190. The largest absolute Gasteiger partial charge is 0.298 e. The van der Waals surface area contributed by atoms with Crippen molar-refractivity contribution in [3.05, 3.63) is 58.7 Å². The van der Waals surface area contributed by atoms with Crippen LogP contribution in [0.25, 0.3) is 22.3 Å². The molecule has 5 rings (SSSR count). The Hall–Kier alpha value is -3.10. The minimum atomic E-state index is -0.190. The van der Waals surface area contributed by atoms with Crippen LogP contribution in [0.15, 0.2) is 41.8 Å². The van der Waals surface area contributed by atoms with Gasteiger partial charge < -0.3 is 0 Å². The van der Waals surface area contributed by atoms with E-state index in [0.29, 0.717) is 16.3 Å². The first kappa shape index (κ1) is 20.8. The number of thiazole rings is 1. The Morgan fingerprint density at radius 1 is 1.12 bits per heavy atom. The van der Waals surface area contributed by atoms with Crippen molar-refractivity contribution in [3.63, 3.8) is 0 Å². The lowest BCUT2D eigenvalue weighted by Gasteiger charge is -2.25. The number of benzene rings is 1. The molecule has 1 aliphatic rings. The maximum absolute atomic E-state index is 13.4. The zero-order chi connectivity index (χ0) is 22.1. The van der Waals surface area contributed by atoms with Gasteiger partial charge in [-0.15, -0.1) is 11.3 Å². The van der Waals surface area contributed by atoms with Crippen molar-refractivity contribution in [1.82, 2.24) is 24.6 Å². The number of amides is 1. The standard InChI is InChI=1S/C24H26N6OS/c1-16-21-19(13-20(17-9-5-3-6-10-17)26-22(21)29(2)28-16)23(31)27-24-25-18(15-32-24)14-30-11-7-4-8-12-30/h3,5-6,9-10,13,15H,4,7-8,11-12,14H2,1-2H3,(H,25,27,31). The maximum Gasteiger partial charge on any atom is 0.258 e. The van der Waals surface area contributed by atoms with Gasteiger partial charge in [-0.25, -0.2) is 9.97 Å². The first-order valence-corrected chi connectivity index (χ1v) is 11.8. The molecule has 1 N–H and O–H groups in total. The molecule has 1 saturated heterocycles. The van der Waals surface area contributed by atoms with Crippen molar-refractivity contribution in [2.24, 2.45) is 7.05 Å². The van der Waals surface area contributed by atoms with Crippen molar-refractivity contribution in [2.45, 2.75) is 32.7 Å². The molecule has 1 aliphatic heterocycles. The minimum Gasteiger partial charge on any atom is -0.298 e. The highest BCUT2D eigenvalue weighted by molar-refractivity contribution is 7.14. The van der Waals surface area contributed by atoms with Gasteiger partial charge in [0.15, 0.2) is 10.8 Å². The highest BCUT2D eigenvalue weighted by atomic mass is 32.1. The maximum atomic E-state index is 13.4. The molecular weight excluding hydrogens is 420 g/mol. The number of nitrogens with one attached hydrogen (secondary N) is 1. The summed E-state index contributed by atoms with van der Waals surface area (Å²) in [5.74, 6) is -0.190. The number of carbonyl (C=O) groups excluding carboxylic acids is 1. The summed E-state index contributed by atoms with van der Waals surface area (Å²) in [5, 5.41) is 10.9. The van der Waals surface area contributed by atoms with Gasteiger partial charge in [-0.1, -0.05) is 36.8 Å². The summed E-state index contributed by atoms with van der Waals surface area (Å²) in [4.78, 5) is 25.2. The van der Waals surface area contributed by atoms with E-state index in [9.17, 15) is 4.79 Å². The Labute approximate surface area is 191 Å². The zero-order valence-electron chi connectivity index (χ0n) is 18.3. The van der Waals surface area contributed by atoms with E-state index in [1.165, 1.54) is 30.6 Å². The van der Waals surface area contributed by atoms with Gasteiger partial charge in [0, 0.05) is 24.5 Å². The number of piperidine rings is 1. The van der Waals surface area contributed by atoms with Gasteiger partial charge in [0.25, 0.3) is 5.91 Å². The average Bonchev–Trinajstić information content (AvgIpc) is 3.37. The average molecular weight is 447 g/mol. The van der Waals surface area contributed by atoms with Gasteiger partial charge in [0.05, 0.1) is 28.0 Å². The SMILES string of the molecule is Cc1nn(C)c2nc(-c3ccccc3)cc(C(=O)Nc3nc(CN4CCCCC4)cs3)c12. The fourth-order valence-electron chi connectivity index (χ4n) is 4.33. The lowest BCUT2D eigenvalue weighted by atomic mass is 10.1. The molecule has 0 aliphatic carbocycles. The Morgan fingerprint density at radius 2 is 1.91 bits per heavy atom. The van der Waals surface area contributed by atoms with Gasteiger partial charge in [-0.05, 0) is 38.9 Å². The van der Waals surface area contributed by atoms with Gasteiger partial charge in [0.1, 0.15) is 0 Å². The molecule has 0 saturated carbocycles. The number of hydrogen-bond donors (Lipinski definition) is 1. The van der Waals surface area contributed by atoms with Crippen molar-refractivity contribution < 1.29 is 4.79 Å². The van der Waals surface area contributed by atoms with Crippen LogP contribution in [0.5, 0.6) is 0 Å². The van der Waals surface area contributed by atoms with Gasteiger partial charge >= 0.3 is 0 Å². The van der Waals surface area contributed by atoms with Crippen LogP contribution >= 0.6 is 11.3 Å². The van der Waals surface area contributed by atoms with Crippen LogP contribution in [-0.2, 0) is 13.6 Å². The molecule has 7 nitrogen and oxygen atoms in total. The fourth-order valence-corrected chi connectivity index (χ4v) is 5.03. The predicted molar refractivity (Wildman–Crippen MR) is 128 cm³/mol. The molecule has 0 atom stereocenters. The van der Waals surface area contributed by atoms with Crippen LogP contribution in [0, 0.1) is 6.92 Å². The molecule has 0 unspecified atom stereocenters. The number of aromatic nitrogens is 4. The van der Waals surface area contributed by atoms with Crippen LogP contribution in [0.2, 0.25) is 0 Å². The summed E-state index contributed by atoms with van der Waals surface area (Å²) < 4.78 is 1.73. The van der Waals surface area contributed by atoms with Gasteiger partial charge in [-0.2, -0.15) is 5.10 Å². The van der Waals surface area contributed by atoms with Crippen LogP contribution in [0.1, 0.15) is 41.0 Å². The Balaban J connectivity index is 1.44. The molecule has 32 heavy (non-hydrogen) atoms. The molecule has 1 fully saturated rings. The summed E-state index contributed by atoms with van der Waals surface area (Å²) in [5.41, 5.74) is 4.75. The zero-order valence-corrected chi connectivity index (χ0v) is 19.2. The third-order valence-electron chi connectivity index (χ3n) is 5.89.